The summed E-state index contributed by atoms with van der Waals surface area (Å²) in [4.78, 5) is 28.9. The number of nitrogens with zero attached hydrogens (tertiary/aromatic N) is 2. The lowest BCUT2D eigenvalue weighted by Gasteiger charge is -2.38. The number of amides is 2. The van der Waals surface area contributed by atoms with Crippen LogP contribution in [0.1, 0.15) is 46.0 Å². The summed E-state index contributed by atoms with van der Waals surface area (Å²) in [5, 5.41) is 0. The highest BCUT2D eigenvalue weighted by atomic mass is 16.5. The fourth-order valence-corrected chi connectivity index (χ4v) is 3.63. The van der Waals surface area contributed by atoms with Gasteiger partial charge in [-0.05, 0) is 31.6 Å². The van der Waals surface area contributed by atoms with E-state index in [-0.39, 0.29) is 30.5 Å². The van der Waals surface area contributed by atoms with Gasteiger partial charge in [0, 0.05) is 45.9 Å². The molecule has 2 fully saturated rings. The topological polar surface area (TPSA) is 59.1 Å². The first kappa shape index (κ1) is 19.2. The third-order valence-corrected chi connectivity index (χ3v) is 4.99. The van der Waals surface area contributed by atoms with Crippen LogP contribution >= 0.6 is 0 Å². The normalized spacial score (nSPS) is 22.2. The van der Waals surface area contributed by atoms with Gasteiger partial charge in [-0.2, -0.15) is 0 Å². The predicted octanol–water partition coefficient (Wildman–Crippen LogP) is 1.68. The Morgan fingerprint density at radius 1 is 1.21 bits per heavy atom. The predicted molar refractivity (Wildman–Crippen MR) is 91.6 cm³/mol. The van der Waals surface area contributed by atoms with Crippen molar-refractivity contribution >= 4 is 11.8 Å². The molecule has 24 heavy (non-hydrogen) atoms. The second kappa shape index (κ2) is 9.37. The molecule has 0 aliphatic carbocycles. The Morgan fingerprint density at radius 3 is 2.54 bits per heavy atom. The van der Waals surface area contributed by atoms with Crippen LogP contribution in [0.2, 0.25) is 0 Å². The van der Waals surface area contributed by atoms with Crippen LogP contribution < -0.4 is 0 Å². The molecule has 0 saturated carbocycles. The van der Waals surface area contributed by atoms with Crippen molar-refractivity contribution in [1.82, 2.24) is 9.80 Å². The quantitative estimate of drug-likeness (QED) is 0.707. The summed E-state index contributed by atoms with van der Waals surface area (Å²) in [5.74, 6) is 0.789. The highest BCUT2D eigenvalue weighted by Crippen LogP contribution is 2.24. The Hall–Kier alpha value is -1.14. The van der Waals surface area contributed by atoms with Gasteiger partial charge in [-0.25, -0.2) is 0 Å². The Bertz CT molecular complexity index is 421. The zero-order valence-electron chi connectivity index (χ0n) is 15.3. The summed E-state index contributed by atoms with van der Waals surface area (Å²) in [6.07, 6.45) is 4.13. The Balaban J connectivity index is 1.97. The van der Waals surface area contributed by atoms with E-state index in [1.165, 1.54) is 0 Å². The van der Waals surface area contributed by atoms with Gasteiger partial charge in [-0.3, -0.25) is 9.59 Å². The van der Waals surface area contributed by atoms with Crippen molar-refractivity contribution in [1.29, 1.82) is 0 Å². The largest absolute Gasteiger partial charge is 0.381 e. The summed E-state index contributed by atoms with van der Waals surface area (Å²) in [6, 6.07) is 0.316. The minimum absolute atomic E-state index is 0.0332. The maximum Gasteiger partial charge on any atom is 0.249 e. The molecule has 0 spiro atoms. The number of carbonyl (C=O) groups excluding carboxylic acids is 2. The lowest BCUT2D eigenvalue weighted by atomic mass is 10.0. The van der Waals surface area contributed by atoms with Crippen LogP contribution in [-0.4, -0.2) is 73.7 Å². The maximum atomic E-state index is 12.6. The summed E-state index contributed by atoms with van der Waals surface area (Å²) < 4.78 is 10.5. The van der Waals surface area contributed by atoms with Crippen molar-refractivity contribution in [2.45, 2.75) is 58.0 Å². The molecular formula is C18H32N2O4. The average molecular weight is 340 g/mol. The molecule has 0 radical (unpaired) electrons. The molecule has 0 aromatic rings. The molecule has 1 unspecified atom stereocenters. The molecule has 2 aliphatic heterocycles. The number of hydrogen-bond donors (Lipinski definition) is 0. The molecule has 0 aromatic carbocycles. The molecule has 2 saturated heterocycles. The third kappa shape index (κ3) is 5.18. The molecule has 138 valence electrons. The van der Waals surface area contributed by atoms with Gasteiger partial charge >= 0.3 is 0 Å². The fraction of sp³-hybridized carbons (Fsp3) is 0.889. The molecule has 1 atom stereocenters. The van der Waals surface area contributed by atoms with E-state index in [1.807, 2.05) is 9.80 Å². The van der Waals surface area contributed by atoms with E-state index in [1.54, 1.807) is 7.11 Å². The van der Waals surface area contributed by atoms with Crippen LogP contribution in [0.5, 0.6) is 0 Å². The number of methoxy groups -OCH3 is 1. The van der Waals surface area contributed by atoms with Crippen molar-refractivity contribution in [3.63, 3.8) is 0 Å². The standard InChI is InChI=1S/C18H32N2O4/c1-14(2)4-5-17(21)19-9-6-16(12-19)20(18(22)13-23-3)15-7-10-24-11-8-15/h14-16H,4-13H2,1-3H3. The number of hydrogen-bond acceptors (Lipinski definition) is 4. The highest BCUT2D eigenvalue weighted by Gasteiger charge is 2.36. The molecule has 0 aromatic heterocycles. The van der Waals surface area contributed by atoms with Gasteiger partial charge in [0.05, 0.1) is 6.04 Å². The molecule has 6 heteroatoms. The minimum Gasteiger partial charge on any atom is -0.381 e. The third-order valence-electron chi connectivity index (χ3n) is 4.99. The van der Waals surface area contributed by atoms with Crippen molar-refractivity contribution in [3.8, 4) is 0 Å². The molecule has 0 bridgehead atoms. The summed E-state index contributed by atoms with van der Waals surface area (Å²) in [5.41, 5.74) is 0. The van der Waals surface area contributed by atoms with Crippen LogP contribution in [-0.2, 0) is 19.1 Å². The lowest BCUT2D eigenvalue weighted by molar-refractivity contribution is -0.143. The molecule has 2 heterocycles. The highest BCUT2D eigenvalue weighted by molar-refractivity contribution is 5.79. The van der Waals surface area contributed by atoms with Gasteiger partial charge in [0.2, 0.25) is 11.8 Å². The first-order valence-corrected chi connectivity index (χ1v) is 9.18. The van der Waals surface area contributed by atoms with E-state index in [0.717, 1.165) is 32.2 Å². The minimum atomic E-state index is 0.0332. The van der Waals surface area contributed by atoms with Crippen molar-refractivity contribution in [2.75, 3.05) is 40.0 Å². The molecule has 6 nitrogen and oxygen atoms in total. The molecule has 2 amide bonds. The fourth-order valence-electron chi connectivity index (χ4n) is 3.63. The number of rotatable bonds is 7. The van der Waals surface area contributed by atoms with Crippen LogP contribution in [0.3, 0.4) is 0 Å². The van der Waals surface area contributed by atoms with E-state index >= 15 is 0 Å². The van der Waals surface area contributed by atoms with Crippen molar-refractivity contribution in [2.24, 2.45) is 5.92 Å². The van der Waals surface area contributed by atoms with Gasteiger partial charge in [0.15, 0.2) is 0 Å². The number of likely N-dealkylation sites (tertiary alicyclic amines) is 1. The number of ether oxygens (including phenoxy) is 2. The van der Waals surface area contributed by atoms with E-state index in [2.05, 4.69) is 13.8 Å². The molecule has 2 aliphatic rings. The molecule has 0 N–H and O–H groups in total. The number of carbonyl (C=O) groups is 2. The van der Waals surface area contributed by atoms with E-state index in [9.17, 15) is 9.59 Å². The molecule has 2 rings (SSSR count). The van der Waals surface area contributed by atoms with Crippen molar-refractivity contribution in [3.05, 3.63) is 0 Å². The molecular weight excluding hydrogens is 308 g/mol. The second-order valence-corrected chi connectivity index (χ2v) is 7.29. The summed E-state index contributed by atoms with van der Waals surface area (Å²) in [7, 11) is 1.55. The van der Waals surface area contributed by atoms with Gasteiger partial charge in [-0.1, -0.05) is 13.8 Å². The average Bonchev–Trinajstić information content (AvgIpc) is 3.03. The van der Waals surface area contributed by atoms with E-state index < -0.39 is 0 Å². The smallest absolute Gasteiger partial charge is 0.249 e. The Labute approximate surface area is 145 Å². The van der Waals surface area contributed by atoms with E-state index in [0.29, 0.717) is 32.1 Å². The lowest BCUT2D eigenvalue weighted by Crippen LogP contribution is -2.51. The first-order valence-electron chi connectivity index (χ1n) is 9.18. The second-order valence-electron chi connectivity index (χ2n) is 7.29. The van der Waals surface area contributed by atoms with Gasteiger partial charge in [-0.15, -0.1) is 0 Å². The first-order chi connectivity index (χ1) is 11.5. The van der Waals surface area contributed by atoms with Crippen LogP contribution in [0.4, 0.5) is 0 Å². The Morgan fingerprint density at radius 2 is 1.92 bits per heavy atom. The summed E-state index contributed by atoms with van der Waals surface area (Å²) in [6.45, 7) is 7.18. The van der Waals surface area contributed by atoms with Gasteiger partial charge in [0.25, 0.3) is 0 Å². The van der Waals surface area contributed by atoms with Crippen LogP contribution in [0.25, 0.3) is 0 Å². The summed E-state index contributed by atoms with van der Waals surface area (Å²) >= 11 is 0. The zero-order valence-corrected chi connectivity index (χ0v) is 15.3. The van der Waals surface area contributed by atoms with Crippen LogP contribution in [0, 0.1) is 5.92 Å². The van der Waals surface area contributed by atoms with Gasteiger partial charge in [0.1, 0.15) is 6.61 Å². The van der Waals surface area contributed by atoms with Crippen LogP contribution in [0.15, 0.2) is 0 Å². The Kier molecular flexibility index (Phi) is 7.49. The monoisotopic (exact) mass is 340 g/mol. The van der Waals surface area contributed by atoms with E-state index in [4.69, 9.17) is 9.47 Å². The maximum absolute atomic E-state index is 12.6. The van der Waals surface area contributed by atoms with Gasteiger partial charge < -0.3 is 19.3 Å². The van der Waals surface area contributed by atoms with Crippen molar-refractivity contribution < 1.29 is 19.1 Å². The SMILES string of the molecule is COCC(=O)N(C1CCOCC1)C1CCN(C(=O)CCC(C)C)C1. The zero-order chi connectivity index (χ0) is 17.5.